The highest BCUT2D eigenvalue weighted by molar-refractivity contribution is 9.10. The molecular weight excluding hydrogens is 436 g/mol. The Morgan fingerprint density at radius 2 is 1.66 bits per heavy atom. The monoisotopic (exact) mass is 462 g/mol. The van der Waals surface area contributed by atoms with Crippen molar-refractivity contribution in [2.24, 2.45) is 0 Å². The van der Waals surface area contributed by atoms with Crippen LogP contribution in [-0.4, -0.2) is 31.6 Å². The summed E-state index contributed by atoms with van der Waals surface area (Å²) in [6.07, 6.45) is 0.196. The first-order valence-corrected chi connectivity index (χ1v) is 10.5. The molecule has 29 heavy (non-hydrogen) atoms. The van der Waals surface area contributed by atoms with Gasteiger partial charge in [0.1, 0.15) is 0 Å². The Labute approximate surface area is 180 Å². The number of rotatable bonds is 10. The number of carbonyl (C=O) groups is 2. The van der Waals surface area contributed by atoms with Crippen molar-refractivity contribution in [1.29, 1.82) is 0 Å². The van der Waals surface area contributed by atoms with E-state index in [1.165, 1.54) is 0 Å². The molecule has 2 N–H and O–H groups in total. The molecule has 1 unspecified atom stereocenters. The highest BCUT2D eigenvalue weighted by Crippen LogP contribution is 2.30. The van der Waals surface area contributed by atoms with E-state index >= 15 is 0 Å². The Morgan fingerprint density at radius 3 is 2.31 bits per heavy atom. The van der Waals surface area contributed by atoms with Crippen LogP contribution >= 0.6 is 15.9 Å². The zero-order chi connectivity index (χ0) is 21.2. The predicted molar refractivity (Wildman–Crippen MR) is 116 cm³/mol. The first-order valence-electron chi connectivity index (χ1n) is 9.67. The number of nitrogens with one attached hydrogen (secondary N) is 2. The molecular formula is C22H27BrN2O4. The number of hydrogen-bond acceptors (Lipinski definition) is 4. The molecule has 2 aromatic rings. The number of ether oxygens (including phenoxy) is 2. The summed E-state index contributed by atoms with van der Waals surface area (Å²) in [6, 6.07) is 12.5. The van der Waals surface area contributed by atoms with E-state index in [2.05, 4.69) is 26.6 Å². The molecule has 0 saturated heterocycles. The van der Waals surface area contributed by atoms with Crippen LogP contribution in [0, 0.1) is 0 Å². The Balaban J connectivity index is 1.85. The molecule has 0 fully saturated rings. The van der Waals surface area contributed by atoms with Crippen LogP contribution in [0.4, 0.5) is 0 Å². The molecule has 0 bridgehead atoms. The molecule has 0 aliphatic heterocycles. The lowest BCUT2D eigenvalue weighted by Crippen LogP contribution is -2.32. The number of benzene rings is 2. The topological polar surface area (TPSA) is 76.7 Å². The number of amides is 2. The highest BCUT2D eigenvalue weighted by atomic mass is 79.9. The second kappa shape index (κ2) is 11.5. The van der Waals surface area contributed by atoms with Crippen LogP contribution in [0.5, 0.6) is 11.5 Å². The van der Waals surface area contributed by atoms with Gasteiger partial charge >= 0.3 is 0 Å². The quantitative estimate of drug-likeness (QED) is 0.553. The van der Waals surface area contributed by atoms with Crippen molar-refractivity contribution < 1.29 is 19.1 Å². The molecule has 156 valence electrons. The van der Waals surface area contributed by atoms with Gasteiger partial charge in [0, 0.05) is 23.0 Å². The molecule has 0 aliphatic rings. The number of hydrogen-bond donors (Lipinski definition) is 2. The molecule has 2 rings (SSSR count). The first kappa shape index (κ1) is 22.7. The van der Waals surface area contributed by atoms with E-state index in [1.807, 2.05) is 39.0 Å². The summed E-state index contributed by atoms with van der Waals surface area (Å²) in [4.78, 5) is 24.3. The van der Waals surface area contributed by atoms with E-state index in [-0.39, 0.29) is 30.8 Å². The van der Waals surface area contributed by atoms with Crippen LogP contribution < -0.4 is 20.1 Å². The van der Waals surface area contributed by atoms with E-state index in [0.717, 1.165) is 10.0 Å². The minimum absolute atomic E-state index is 0.138. The van der Waals surface area contributed by atoms with Crippen LogP contribution in [-0.2, 0) is 4.79 Å². The van der Waals surface area contributed by atoms with Crippen molar-refractivity contribution in [1.82, 2.24) is 10.6 Å². The zero-order valence-electron chi connectivity index (χ0n) is 17.0. The van der Waals surface area contributed by atoms with E-state index in [1.54, 1.807) is 24.3 Å². The largest absolute Gasteiger partial charge is 0.490 e. The first-order chi connectivity index (χ1) is 13.9. The highest BCUT2D eigenvalue weighted by Gasteiger charge is 2.14. The number of carbonyl (C=O) groups excluding carboxylic acids is 2. The second-order valence-corrected chi connectivity index (χ2v) is 7.29. The molecule has 2 aromatic carbocycles. The van der Waals surface area contributed by atoms with Crippen molar-refractivity contribution in [3.63, 3.8) is 0 Å². The molecule has 2 amide bonds. The SMILES string of the molecule is CCOc1ccc(C(C)NC(=O)CCNC(=O)c2ccc(Br)cc2)cc1OCC. The van der Waals surface area contributed by atoms with Crippen molar-refractivity contribution in [3.8, 4) is 11.5 Å². The molecule has 0 aliphatic carbocycles. The lowest BCUT2D eigenvalue weighted by molar-refractivity contribution is -0.121. The van der Waals surface area contributed by atoms with Gasteiger partial charge in [-0.15, -0.1) is 0 Å². The Kier molecular flexibility index (Phi) is 8.99. The van der Waals surface area contributed by atoms with Gasteiger partial charge in [-0.3, -0.25) is 9.59 Å². The molecule has 0 radical (unpaired) electrons. The minimum atomic E-state index is -0.203. The smallest absolute Gasteiger partial charge is 0.251 e. The standard InChI is InChI=1S/C22H27BrN2O4/c1-4-28-19-11-8-17(14-20(19)29-5-2)15(3)25-21(26)12-13-24-22(27)16-6-9-18(23)10-7-16/h6-11,14-15H,4-5,12-13H2,1-3H3,(H,24,27)(H,25,26). The van der Waals surface area contributed by atoms with Crippen LogP contribution in [0.25, 0.3) is 0 Å². The fourth-order valence-corrected chi connectivity index (χ4v) is 2.99. The average molecular weight is 463 g/mol. The third-order valence-corrected chi connectivity index (χ3v) is 4.72. The molecule has 6 nitrogen and oxygen atoms in total. The van der Waals surface area contributed by atoms with Gasteiger partial charge in [0.2, 0.25) is 5.91 Å². The maximum absolute atomic E-state index is 12.2. The Hall–Kier alpha value is -2.54. The Morgan fingerprint density at radius 1 is 1.00 bits per heavy atom. The van der Waals surface area contributed by atoms with Crippen LogP contribution in [0.3, 0.4) is 0 Å². The van der Waals surface area contributed by atoms with Crippen LogP contribution in [0.15, 0.2) is 46.9 Å². The molecule has 0 saturated carbocycles. The summed E-state index contributed by atoms with van der Waals surface area (Å²) in [6.45, 7) is 7.09. The van der Waals surface area contributed by atoms with Gasteiger partial charge < -0.3 is 20.1 Å². The Bertz CT molecular complexity index is 824. The van der Waals surface area contributed by atoms with Gasteiger partial charge in [0.25, 0.3) is 5.91 Å². The zero-order valence-corrected chi connectivity index (χ0v) is 18.5. The summed E-state index contributed by atoms with van der Waals surface area (Å²) >= 11 is 3.33. The van der Waals surface area contributed by atoms with E-state index in [4.69, 9.17) is 9.47 Å². The molecule has 0 aromatic heterocycles. The van der Waals surface area contributed by atoms with Crippen molar-refractivity contribution >= 4 is 27.7 Å². The number of halogens is 1. The predicted octanol–water partition coefficient (Wildman–Crippen LogP) is 4.24. The summed E-state index contributed by atoms with van der Waals surface area (Å²) in [5.41, 5.74) is 1.48. The summed E-state index contributed by atoms with van der Waals surface area (Å²) < 4.78 is 12.1. The van der Waals surface area contributed by atoms with Gasteiger partial charge in [-0.05, 0) is 62.7 Å². The summed E-state index contributed by atoms with van der Waals surface area (Å²) in [7, 11) is 0. The molecule has 0 heterocycles. The summed E-state index contributed by atoms with van der Waals surface area (Å²) in [5, 5.41) is 5.70. The molecule has 1 atom stereocenters. The lowest BCUT2D eigenvalue weighted by Gasteiger charge is -2.17. The van der Waals surface area contributed by atoms with Gasteiger partial charge in [0.15, 0.2) is 11.5 Å². The minimum Gasteiger partial charge on any atom is -0.490 e. The lowest BCUT2D eigenvalue weighted by atomic mass is 10.1. The van der Waals surface area contributed by atoms with Crippen molar-refractivity contribution in [2.75, 3.05) is 19.8 Å². The molecule has 0 spiro atoms. The maximum atomic E-state index is 12.2. The third kappa shape index (κ3) is 7.09. The normalized spacial score (nSPS) is 11.4. The van der Waals surface area contributed by atoms with Crippen molar-refractivity contribution in [3.05, 3.63) is 58.1 Å². The maximum Gasteiger partial charge on any atom is 0.251 e. The van der Waals surface area contributed by atoms with Gasteiger partial charge in [-0.2, -0.15) is 0 Å². The average Bonchev–Trinajstić information content (AvgIpc) is 2.70. The van der Waals surface area contributed by atoms with Gasteiger partial charge in [-0.25, -0.2) is 0 Å². The fraction of sp³-hybridized carbons (Fsp3) is 0.364. The van der Waals surface area contributed by atoms with E-state index in [9.17, 15) is 9.59 Å². The van der Waals surface area contributed by atoms with Crippen molar-refractivity contribution in [2.45, 2.75) is 33.2 Å². The third-order valence-electron chi connectivity index (χ3n) is 4.19. The van der Waals surface area contributed by atoms with E-state index < -0.39 is 0 Å². The fourth-order valence-electron chi connectivity index (χ4n) is 2.73. The van der Waals surface area contributed by atoms with Gasteiger partial charge in [-0.1, -0.05) is 22.0 Å². The second-order valence-electron chi connectivity index (χ2n) is 6.37. The molecule has 7 heteroatoms. The summed E-state index contributed by atoms with van der Waals surface area (Å²) in [5.74, 6) is 1.01. The van der Waals surface area contributed by atoms with Crippen LogP contribution in [0.1, 0.15) is 49.2 Å². The van der Waals surface area contributed by atoms with Crippen LogP contribution in [0.2, 0.25) is 0 Å². The van der Waals surface area contributed by atoms with E-state index in [0.29, 0.717) is 30.3 Å². The van der Waals surface area contributed by atoms with Gasteiger partial charge in [0.05, 0.1) is 19.3 Å².